The smallest absolute Gasteiger partial charge is 0.550 e. The summed E-state index contributed by atoms with van der Waals surface area (Å²) in [6, 6.07) is 0. The maximum atomic E-state index is 8.89. The number of hydrogen-bond acceptors (Lipinski definition) is 6. The summed E-state index contributed by atoms with van der Waals surface area (Å²) in [6.07, 6.45) is 0. The summed E-state index contributed by atoms with van der Waals surface area (Å²) in [5, 5.41) is 26.7. The molecule has 0 saturated heterocycles. The van der Waals surface area contributed by atoms with E-state index in [0.717, 1.165) is 20.8 Å². The molecule has 0 atom stereocenters. The molecule has 0 radical (unpaired) electrons. The van der Waals surface area contributed by atoms with Crippen molar-refractivity contribution in [2.75, 3.05) is 0 Å². The predicted molar refractivity (Wildman–Crippen MR) is 32.0 cm³/mol. The maximum absolute atomic E-state index is 8.89. The van der Waals surface area contributed by atoms with Crippen LogP contribution in [0.3, 0.4) is 0 Å². The summed E-state index contributed by atoms with van der Waals surface area (Å²) >= 11 is 0. The minimum Gasteiger partial charge on any atom is -0.550 e. The molecule has 0 bridgehead atoms. The first-order chi connectivity index (χ1) is 5.20. The molecule has 0 saturated carbocycles. The van der Waals surface area contributed by atoms with Gasteiger partial charge in [0.1, 0.15) is 0 Å². The van der Waals surface area contributed by atoms with Crippen LogP contribution in [0.2, 0.25) is 0 Å². The molecule has 0 aromatic heterocycles. The third-order valence-corrected chi connectivity index (χ3v) is 0. The van der Waals surface area contributed by atoms with Crippen molar-refractivity contribution in [2.24, 2.45) is 0 Å². The number of hydrogen-bond donors (Lipinski definition) is 0. The topological polar surface area (TPSA) is 120 Å². The van der Waals surface area contributed by atoms with Crippen molar-refractivity contribution in [3.63, 3.8) is 0 Å². The van der Waals surface area contributed by atoms with Crippen molar-refractivity contribution in [3.05, 3.63) is 0 Å². The number of carboxylic acid groups (broad SMARTS) is 3. The summed E-state index contributed by atoms with van der Waals surface area (Å²) < 4.78 is 0. The summed E-state index contributed by atoms with van der Waals surface area (Å²) in [4.78, 5) is 26.7. The molecule has 0 aromatic carbocycles. The minimum absolute atomic E-state index is 0. The molecule has 0 aliphatic carbocycles. The van der Waals surface area contributed by atoms with E-state index in [-0.39, 0.29) is 20.1 Å². The number of aliphatic carboxylic acids is 3. The van der Waals surface area contributed by atoms with Crippen molar-refractivity contribution in [3.8, 4) is 0 Å². The molecule has 0 aliphatic rings. The zero-order valence-corrected chi connectivity index (χ0v) is 9.68. The van der Waals surface area contributed by atoms with Crippen LogP contribution in [-0.4, -0.2) is 17.9 Å². The fourth-order valence-corrected chi connectivity index (χ4v) is 0. The van der Waals surface area contributed by atoms with Gasteiger partial charge in [0.25, 0.3) is 0 Å². The van der Waals surface area contributed by atoms with Crippen LogP contribution < -0.4 is 15.3 Å². The zero-order valence-electron chi connectivity index (χ0n) is 7.28. The van der Waals surface area contributed by atoms with Crippen LogP contribution in [-0.2, 0) is 34.5 Å². The van der Waals surface area contributed by atoms with Crippen molar-refractivity contribution in [1.29, 1.82) is 0 Å². The summed E-state index contributed by atoms with van der Waals surface area (Å²) in [7, 11) is 0. The van der Waals surface area contributed by atoms with Gasteiger partial charge in [-0.05, 0) is 20.8 Å². The molecule has 6 nitrogen and oxygen atoms in total. The van der Waals surface area contributed by atoms with Crippen LogP contribution >= 0.6 is 0 Å². The van der Waals surface area contributed by atoms with Crippen LogP contribution in [0.4, 0.5) is 0 Å². The first-order valence-electron chi connectivity index (χ1n) is 2.72. The van der Waals surface area contributed by atoms with Gasteiger partial charge >= 0.3 is 20.1 Å². The predicted octanol–water partition coefficient (Wildman–Crippen LogP) is -3.73. The van der Waals surface area contributed by atoms with Gasteiger partial charge in [0.05, 0.1) is 0 Å². The van der Waals surface area contributed by atoms with E-state index in [1.54, 1.807) is 0 Å². The first-order valence-corrected chi connectivity index (χ1v) is 2.72. The minimum atomic E-state index is -1.08. The molecule has 0 spiro atoms. The normalized spacial score (nSPS) is 5.77. The molecule has 13 heavy (non-hydrogen) atoms. The third kappa shape index (κ3) is 1030. The number of carboxylic acids is 3. The van der Waals surface area contributed by atoms with Gasteiger partial charge in [0, 0.05) is 17.9 Å². The SMILES string of the molecule is CC(=O)[O-].CC(=O)[O-].CC(=O)[O-].[Ir+3]. The van der Waals surface area contributed by atoms with Gasteiger partial charge in [-0.3, -0.25) is 0 Å². The van der Waals surface area contributed by atoms with Gasteiger partial charge in [-0.1, -0.05) is 0 Å². The molecule has 0 amide bonds. The van der Waals surface area contributed by atoms with E-state index in [0.29, 0.717) is 0 Å². The molecule has 78 valence electrons. The molecule has 0 rings (SSSR count). The number of carbonyl (C=O) groups excluding carboxylic acids is 3. The Labute approximate surface area is 88.9 Å². The van der Waals surface area contributed by atoms with E-state index >= 15 is 0 Å². The van der Waals surface area contributed by atoms with E-state index in [1.807, 2.05) is 0 Å². The Bertz CT molecular complexity index is 115. The van der Waals surface area contributed by atoms with Crippen LogP contribution in [0.5, 0.6) is 0 Å². The van der Waals surface area contributed by atoms with Gasteiger partial charge in [-0.15, -0.1) is 0 Å². The number of carbonyl (C=O) groups is 3. The second-order valence-corrected chi connectivity index (χ2v) is 1.47. The molecular formula is C6H9IrO6. The third-order valence-electron chi connectivity index (χ3n) is 0. The van der Waals surface area contributed by atoms with E-state index in [2.05, 4.69) is 0 Å². The summed E-state index contributed by atoms with van der Waals surface area (Å²) in [6.45, 7) is 2.92. The van der Waals surface area contributed by atoms with E-state index in [9.17, 15) is 0 Å². The Balaban J connectivity index is -0.0000000450. The standard InChI is InChI=1S/3C2H4O2.Ir/c3*1-2(3)4;/h3*1H3,(H,3,4);/q;;;+3/p-3. The Kier molecular flexibility index (Phi) is 30.1. The van der Waals surface area contributed by atoms with Crippen molar-refractivity contribution < 1.29 is 49.8 Å². The second kappa shape index (κ2) is 17.2. The van der Waals surface area contributed by atoms with Gasteiger partial charge in [-0.2, -0.15) is 0 Å². The monoisotopic (exact) mass is 370 g/mol. The van der Waals surface area contributed by atoms with Crippen molar-refractivity contribution >= 4 is 17.9 Å². The molecular weight excluding hydrogens is 360 g/mol. The van der Waals surface area contributed by atoms with Gasteiger partial charge in [0.15, 0.2) is 0 Å². The molecule has 0 aliphatic heterocycles. The quantitative estimate of drug-likeness (QED) is 0.433. The first kappa shape index (κ1) is 22.7. The Morgan fingerprint density at radius 2 is 0.692 bits per heavy atom. The molecule has 7 heteroatoms. The molecule has 0 heterocycles. The van der Waals surface area contributed by atoms with Gasteiger partial charge in [-0.25, -0.2) is 0 Å². The van der Waals surface area contributed by atoms with Crippen LogP contribution in [0.1, 0.15) is 20.8 Å². The average molecular weight is 369 g/mol. The van der Waals surface area contributed by atoms with Crippen molar-refractivity contribution in [2.45, 2.75) is 20.8 Å². The Morgan fingerprint density at radius 3 is 0.692 bits per heavy atom. The van der Waals surface area contributed by atoms with Gasteiger partial charge < -0.3 is 29.7 Å². The zero-order chi connectivity index (χ0) is 10.7. The fourth-order valence-electron chi connectivity index (χ4n) is 0. The Hall–Kier alpha value is -0.941. The molecule has 0 fully saturated rings. The fraction of sp³-hybridized carbons (Fsp3) is 0.500. The summed E-state index contributed by atoms with van der Waals surface area (Å²) in [5.41, 5.74) is 0. The van der Waals surface area contributed by atoms with Crippen LogP contribution in [0.15, 0.2) is 0 Å². The molecule has 0 aromatic rings. The second-order valence-electron chi connectivity index (χ2n) is 1.47. The maximum Gasteiger partial charge on any atom is 3.00 e. The number of rotatable bonds is 0. The molecule has 0 N–H and O–H groups in total. The van der Waals surface area contributed by atoms with Crippen LogP contribution in [0, 0.1) is 0 Å². The average Bonchev–Trinajstić information content (AvgIpc) is 1.54. The Morgan fingerprint density at radius 1 is 0.692 bits per heavy atom. The van der Waals surface area contributed by atoms with Crippen LogP contribution in [0.25, 0.3) is 0 Å². The van der Waals surface area contributed by atoms with E-state index in [1.165, 1.54) is 0 Å². The largest absolute Gasteiger partial charge is 3.00 e. The van der Waals surface area contributed by atoms with E-state index < -0.39 is 17.9 Å². The molecule has 0 unspecified atom stereocenters. The van der Waals surface area contributed by atoms with Crippen molar-refractivity contribution in [1.82, 2.24) is 0 Å². The van der Waals surface area contributed by atoms with Gasteiger partial charge in [0.2, 0.25) is 0 Å². The summed E-state index contributed by atoms with van der Waals surface area (Å²) in [5.74, 6) is -3.25. The van der Waals surface area contributed by atoms with E-state index in [4.69, 9.17) is 29.7 Å².